The number of nitrogens with zero attached hydrogens (tertiary/aromatic N) is 1. The van der Waals surface area contributed by atoms with Gasteiger partial charge in [-0.1, -0.05) is 32.0 Å². The Kier molecular flexibility index (Phi) is 5.15. The number of methoxy groups -OCH3 is 1. The normalized spacial score (nSPS) is 18.8. The SMILES string of the molecule is CC[C@@H](C)C(=O)N1CC2(CCOCC2)c2cc(-c3ccc(OC)cc3)ccc21. The first-order valence-electron chi connectivity index (χ1n) is 10.3. The molecule has 2 aromatic rings. The number of benzene rings is 2. The molecule has 2 heterocycles. The minimum Gasteiger partial charge on any atom is -0.497 e. The van der Waals surface area contributed by atoms with E-state index in [4.69, 9.17) is 9.47 Å². The summed E-state index contributed by atoms with van der Waals surface area (Å²) in [5.74, 6) is 1.14. The maximum absolute atomic E-state index is 13.1. The molecular formula is C24H29NO3. The highest BCUT2D eigenvalue weighted by Gasteiger charge is 2.46. The fourth-order valence-corrected chi connectivity index (χ4v) is 4.46. The van der Waals surface area contributed by atoms with Gasteiger partial charge in [-0.15, -0.1) is 0 Å². The maximum atomic E-state index is 13.1. The third-order valence-electron chi connectivity index (χ3n) is 6.49. The van der Waals surface area contributed by atoms with E-state index in [0.29, 0.717) is 0 Å². The van der Waals surface area contributed by atoms with Crippen molar-refractivity contribution in [3.63, 3.8) is 0 Å². The number of hydrogen-bond acceptors (Lipinski definition) is 3. The summed E-state index contributed by atoms with van der Waals surface area (Å²) >= 11 is 0. The largest absolute Gasteiger partial charge is 0.497 e. The molecule has 1 atom stereocenters. The van der Waals surface area contributed by atoms with Gasteiger partial charge in [-0.25, -0.2) is 0 Å². The molecule has 2 aliphatic heterocycles. The lowest BCUT2D eigenvalue weighted by atomic mass is 9.75. The zero-order valence-electron chi connectivity index (χ0n) is 17.0. The van der Waals surface area contributed by atoms with Gasteiger partial charge in [0.15, 0.2) is 0 Å². The Bertz CT molecular complexity index is 853. The quantitative estimate of drug-likeness (QED) is 0.766. The summed E-state index contributed by atoms with van der Waals surface area (Å²) in [6.07, 6.45) is 2.80. The van der Waals surface area contributed by atoms with Crippen molar-refractivity contribution in [1.82, 2.24) is 0 Å². The summed E-state index contributed by atoms with van der Waals surface area (Å²) in [6.45, 7) is 6.41. The van der Waals surface area contributed by atoms with Crippen LogP contribution in [-0.2, 0) is 14.9 Å². The van der Waals surface area contributed by atoms with E-state index in [9.17, 15) is 4.79 Å². The summed E-state index contributed by atoms with van der Waals surface area (Å²) in [7, 11) is 1.68. The Morgan fingerprint density at radius 2 is 1.82 bits per heavy atom. The van der Waals surface area contributed by atoms with Crippen LogP contribution in [0, 0.1) is 5.92 Å². The van der Waals surface area contributed by atoms with E-state index in [1.54, 1.807) is 7.11 Å². The third kappa shape index (κ3) is 3.20. The maximum Gasteiger partial charge on any atom is 0.229 e. The molecule has 0 unspecified atom stereocenters. The van der Waals surface area contributed by atoms with E-state index in [0.717, 1.165) is 56.0 Å². The van der Waals surface area contributed by atoms with E-state index < -0.39 is 0 Å². The molecule has 2 aromatic carbocycles. The Labute approximate surface area is 167 Å². The molecule has 0 N–H and O–H groups in total. The van der Waals surface area contributed by atoms with Crippen molar-refractivity contribution in [3.8, 4) is 16.9 Å². The van der Waals surface area contributed by atoms with Crippen molar-refractivity contribution in [2.45, 2.75) is 38.5 Å². The highest BCUT2D eigenvalue weighted by atomic mass is 16.5. The van der Waals surface area contributed by atoms with Gasteiger partial charge >= 0.3 is 0 Å². The van der Waals surface area contributed by atoms with Crippen molar-refractivity contribution in [1.29, 1.82) is 0 Å². The molecule has 0 bridgehead atoms. The second kappa shape index (κ2) is 7.59. The van der Waals surface area contributed by atoms with Crippen molar-refractivity contribution in [3.05, 3.63) is 48.0 Å². The molecule has 0 radical (unpaired) electrons. The van der Waals surface area contributed by atoms with E-state index in [-0.39, 0.29) is 17.2 Å². The molecule has 1 spiro atoms. The molecule has 2 aliphatic rings. The summed E-state index contributed by atoms with van der Waals surface area (Å²) in [5, 5.41) is 0. The minimum absolute atomic E-state index is 0.0131. The molecule has 28 heavy (non-hydrogen) atoms. The number of anilines is 1. The highest BCUT2D eigenvalue weighted by molar-refractivity contribution is 5.98. The van der Waals surface area contributed by atoms with Crippen LogP contribution in [0.4, 0.5) is 5.69 Å². The average molecular weight is 380 g/mol. The number of hydrogen-bond donors (Lipinski definition) is 0. The predicted molar refractivity (Wildman–Crippen MR) is 112 cm³/mol. The van der Waals surface area contributed by atoms with Crippen molar-refractivity contribution in [2.75, 3.05) is 31.8 Å². The third-order valence-corrected chi connectivity index (χ3v) is 6.49. The van der Waals surface area contributed by atoms with E-state index in [2.05, 4.69) is 37.3 Å². The van der Waals surface area contributed by atoms with Crippen LogP contribution in [0.1, 0.15) is 38.7 Å². The summed E-state index contributed by atoms with van der Waals surface area (Å²) in [5.41, 5.74) is 4.76. The van der Waals surface area contributed by atoms with Crippen LogP contribution in [0.5, 0.6) is 5.75 Å². The molecule has 0 saturated carbocycles. The summed E-state index contributed by atoms with van der Waals surface area (Å²) < 4.78 is 10.9. The molecule has 1 amide bonds. The number of ether oxygens (including phenoxy) is 2. The second-order valence-electron chi connectivity index (χ2n) is 8.09. The van der Waals surface area contributed by atoms with Gasteiger partial charge in [0.2, 0.25) is 5.91 Å². The zero-order valence-corrected chi connectivity index (χ0v) is 17.0. The minimum atomic E-state index is 0.0131. The molecule has 4 nitrogen and oxygen atoms in total. The van der Waals surface area contributed by atoms with Crippen molar-refractivity contribution in [2.24, 2.45) is 5.92 Å². The second-order valence-corrected chi connectivity index (χ2v) is 8.09. The fourth-order valence-electron chi connectivity index (χ4n) is 4.46. The molecule has 0 aliphatic carbocycles. The number of carbonyl (C=O) groups excluding carboxylic acids is 1. The van der Waals surface area contributed by atoms with Crippen LogP contribution in [0.3, 0.4) is 0 Å². The number of rotatable bonds is 4. The fraction of sp³-hybridized carbons (Fsp3) is 0.458. The topological polar surface area (TPSA) is 38.8 Å². The van der Waals surface area contributed by atoms with E-state index in [1.807, 2.05) is 24.0 Å². The van der Waals surface area contributed by atoms with E-state index in [1.165, 1.54) is 11.1 Å². The molecule has 1 saturated heterocycles. The van der Waals surface area contributed by atoms with Gasteiger partial charge in [0.1, 0.15) is 5.75 Å². The Morgan fingerprint density at radius 1 is 1.14 bits per heavy atom. The Hall–Kier alpha value is -2.33. The van der Waals surface area contributed by atoms with Gasteiger partial charge in [0, 0.05) is 36.8 Å². The first kappa shape index (κ1) is 19.0. The predicted octanol–water partition coefficient (Wildman–Crippen LogP) is 4.80. The smallest absolute Gasteiger partial charge is 0.229 e. The Balaban J connectivity index is 1.76. The van der Waals surface area contributed by atoms with Crippen LogP contribution in [0.2, 0.25) is 0 Å². The first-order chi connectivity index (χ1) is 13.6. The summed E-state index contributed by atoms with van der Waals surface area (Å²) in [4.78, 5) is 15.1. The number of carbonyl (C=O) groups is 1. The molecule has 0 aromatic heterocycles. The standard InChI is InChI=1S/C24H29NO3/c1-4-17(2)23(26)25-16-24(11-13-28-14-12-24)21-15-19(7-10-22(21)25)18-5-8-20(27-3)9-6-18/h5-10,15,17H,4,11-14,16H2,1-3H3/t17-/m1/s1. The average Bonchev–Trinajstić information content (AvgIpc) is 3.06. The molecule has 148 valence electrons. The van der Waals surface area contributed by atoms with E-state index >= 15 is 0 Å². The van der Waals surface area contributed by atoms with Gasteiger partial charge in [0.25, 0.3) is 0 Å². The molecule has 4 heteroatoms. The molecular weight excluding hydrogens is 350 g/mol. The molecule has 1 fully saturated rings. The summed E-state index contributed by atoms with van der Waals surface area (Å²) in [6, 6.07) is 14.7. The van der Waals surface area contributed by atoms with Crippen LogP contribution in [0.25, 0.3) is 11.1 Å². The van der Waals surface area contributed by atoms with Gasteiger partial charge in [-0.2, -0.15) is 0 Å². The Morgan fingerprint density at radius 3 is 2.46 bits per heavy atom. The van der Waals surface area contributed by atoms with Crippen LogP contribution < -0.4 is 9.64 Å². The van der Waals surface area contributed by atoms with Gasteiger partial charge in [0.05, 0.1) is 7.11 Å². The first-order valence-corrected chi connectivity index (χ1v) is 10.3. The van der Waals surface area contributed by atoms with Gasteiger partial charge in [-0.3, -0.25) is 4.79 Å². The number of fused-ring (bicyclic) bond motifs is 2. The van der Waals surface area contributed by atoms with Crippen molar-refractivity contribution < 1.29 is 14.3 Å². The van der Waals surface area contributed by atoms with Gasteiger partial charge in [-0.05, 0) is 60.2 Å². The van der Waals surface area contributed by atoms with Crippen molar-refractivity contribution >= 4 is 11.6 Å². The lowest BCUT2D eigenvalue weighted by Crippen LogP contribution is -2.42. The lowest BCUT2D eigenvalue weighted by Gasteiger charge is -2.34. The number of amides is 1. The lowest BCUT2D eigenvalue weighted by molar-refractivity contribution is -0.122. The van der Waals surface area contributed by atoms with Crippen LogP contribution in [-0.4, -0.2) is 32.8 Å². The monoisotopic (exact) mass is 379 g/mol. The van der Waals surface area contributed by atoms with Crippen LogP contribution in [0.15, 0.2) is 42.5 Å². The highest BCUT2D eigenvalue weighted by Crippen LogP contribution is 2.48. The van der Waals surface area contributed by atoms with Crippen LogP contribution >= 0.6 is 0 Å². The van der Waals surface area contributed by atoms with Gasteiger partial charge < -0.3 is 14.4 Å². The zero-order chi connectivity index (χ0) is 19.7. The molecule has 4 rings (SSSR count).